The molecule has 0 spiro atoms. The van der Waals surface area contributed by atoms with Crippen molar-refractivity contribution in [2.75, 3.05) is 6.61 Å². The summed E-state index contributed by atoms with van der Waals surface area (Å²) < 4.78 is 18.9. The van der Waals surface area contributed by atoms with E-state index in [0.717, 1.165) is 36.3 Å². The molecule has 104 valence electrons. The third-order valence-corrected chi connectivity index (χ3v) is 4.20. The number of hydrogen-bond acceptors (Lipinski definition) is 1. The first-order chi connectivity index (χ1) is 9.65. The third-order valence-electron chi connectivity index (χ3n) is 3.70. The molecule has 0 aromatic heterocycles. The average Bonchev–Trinajstić information content (AvgIpc) is 2.49. The van der Waals surface area contributed by atoms with Crippen LogP contribution in [-0.2, 0) is 6.42 Å². The Morgan fingerprint density at radius 1 is 1.15 bits per heavy atom. The van der Waals surface area contributed by atoms with E-state index in [1.807, 2.05) is 18.2 Å². The maximum atomic E-state index is 13.3. The van der Waals surface area contributed by atoms with Crippen molar-refractivity contribution in [3.05, 3.63) is 64.5 Å². The Kier molecular flexibility index (Phi) is 3.66. The Morgan fingerprint density at radius 3 is 2.70 bits per heavy atom. The molecule has 0 amide bonds. The number of aryl methyl sites for hydroxylation is 2. The van der Waals surface area contributed by atoms with Gasteiger partial charge in [0.1, 0.15) is 11.6 Å². The van der Waals surface area contributed by atoms with Crippen molar-refractivity contribution < 1.29 is 9.13 Å². The first-order valence-corrected chi connectivity index (χ1v) is 7.24. The lowest BCUT2D eigenvalue weighted by Crippen LogP contribution is -2.09. The molecule has 1 atom stereocenters. The van der Waals surface area contributed by atoms with Gasteiger partial charge in [-0.25, -0.2) is 4.39 Å². The summed E-state index contributed by atoms with van der Waals surface area (Å²) in [5.74, 6) is 0.760. The summed E-state index contributed by atoms with van der Waals surface area (Å²) in [7, 11) is 0. The van der Waals surface area contributed by atoms with Crippen LogP contribution in [0.5, 0.6) is 5.75 Å². The van der Waals surface area contributed by atoms with Crippen LogP contribution in [-0.4, -0.2) is 6.61 Å². The Labute approximate surface area is 123 Å². The summed E-state index contributed by atoms with van der Waals surface area (Å²) in [5, 5.41) is -0.262. The molecule has 0 saturated carbocycles. The summed E-state index contributed by atoms with van der Waals surface area (Å²) in [5.41, 5.74) is 3.77. The minimum Gasteiger partial charge on any atom is -0.493 e. The Bertz CT molecular complexity index is 639. The zero-order valence-electron chi connectivity index (χ0n) is 11.3. The fourth-order valence-corrected chi connectivity index (χ4v) is 2.83. The summed E-state index contributed by atoms with van der Waals surface area (Å²) in [6.45, 7) is 2.54. The highest BCUT2D eigenvalue weighted by atomic mass is 35.5. The van der Waals surface area contributed by atoms with Crippen molar-refractivity contribution in [1.82, 2.24) is 0 Å². The highest BCUT2D eigenvalue weighted by Crippen LogP contribution is 2.34. The lowest BCUT2D eigenvalue weighted by Gasteiger charge is -2.19. The number of benzene rings is 2. The van der Waals surface area contributed by atoms with Crippen LogP contribution in [0.15, 0.2) is 36.4 Å². The molecule has 2 aromatic carbocycles. The van der Waals surface area contributed by atoms with Crippen LogP contribution >= 0.6 is 11.6 Å². The molecule has 0 N–H and O–H groups in total. The van der Waals surface area contributed by atoms with Crippen LogP contribution in [0.25, 0.3) is 0 Å². The van der Waals surface area contributed by atoms with Crippen molar-refractivity contribution >= 4 is 11.6 Å². The van der Waals surface area contributed by atoms with Crippen LogP contribution in [0, 0.1) is 12.7 Å². The van der Waals surface area contributed by atoms with Crippen LogP contribution in [0.3, 0.4) is 0 Å². The zero-order valence-corrected chi connectivity index (χ0v) is 12.1. The molecule has 0 aliphatic carbocycles. The molecule has 0 saturated heterocycles. The summed E-state index contributed by atoms with van der Waals surface area (Å²) in [6, 6.07) is 11.1. The molecule has 1 aliphatic rings. The Balaban J connectivity index is 1.93. The van der Waals surface area contributed by atoms with E-state index in [-0.39, 0.29) is 11.2 Å². The molecule has 2 aromatic rings. The second-order valence-corrected chi connectivity index (χ2v) is 5.63. The first kappa shape index (κ1) is 13.4. The number of fused-ring (bicyclic) bond motifs is 1. The van der Waals surface area contributed by atoms with Gasteiger partial charge in [-0.15, -0.1) is 11.6 Å². The van der Waals surface area contributed by atoms with Gasteiger partial charge in [-0.2, -0.15) is 0 Å². The lowest BCUT2D eigenvalue weighted by molar-refractivity contribution is 0.288. The maximum absolute atomic E-state index is 13.3. The second-order valence-electron chi connectivity index (χ2n) is 5.19. The summed E-state index contributed by atoms with van der Waals surface area (Å²) in [6.07, 6.45) is 2.06. The zero-order chi connectivity index (χ0) is 14.1. The van der Waals surface area contributed by atoms with Gasteiger partial charge in [0.25, 0.3) is 0 Å². The van der Waals surface area contributed by atoms with Gasteiger partial charge in [0.05, 0.1) is 12.0 Å². The van der Waals surface area contributed by atoms with Crippen LogP contribution < -0.4 is 4.74 Å². The van der Waals surface area contributed by atoms with Gasteiger partial charge in [-0.3, -0.25) is 0 Å². The van der Waals surface area contributed by atoms with Crippen LogP contribution in [0.2, 0.25) is 0 Å². The summed E-state index contributed by atoms with van der Waals surface area (Å²) in [4.78, 5) is 0. The minimum atomic E-state index is -0.262. The molecule has 1 unspecified atom stereocenters. The van der Waals surface area contributed by atoms with Gasteiger partial charge >= 0.3 is 0 Å². The fourth-order valence-electron chi connectivity index (χ4n) is 2.56. The molecule has 1 aliphatic heterocycles. The molecule has 1 heterocycles. The van der Waals surface area contributed by atoms with Crippen molar-refractivity contribution in [3.8, 4) is 5.75 Å². The summed E-state index contributed by atoms with van der Waals surface area (Å²) >= 11 is 6.54. The van der Waals surface area contributed by atoms with Gasteiger partial charge in [0.15, 0.2) is 0 Å². The van der Waals surface area contributed by atoms with E-state index < -0.39 is 0 Å². The highest BCUT2D eigenvalue weighted by molar-refractivity contribution is 6.22. The number of halogens is 2. The van der Waals surface area contributed by atoms with E-state index in [1.54, 1.807) is 13.0 Å². The van der Waals surface area contributed by atoms with Crippen LogP contribution in [0.4, 0.5) is 4.39 Å². The molecular formula is C17H16ClFO. The molecule has 3 heteroatoms. The SMILES string of the molecule is Cc1cc(C(Cl)c2ccc3c(c2)CCCO3)ccc1F. The van der Waals surface area contributed by atoms with Crippen molar-refractivity contribution in [1.29, 1.82) is 0 Å². The van der Waals surface area contributed by atoms with E-state index in [1.165, 1.54) is 11.6 Å². The maximum Gasteiger partial charge on any atom is 0.126 e. The predicted molar refractivity (Wildman–Crippen MR) is 79.1 cm³/mol. The number of hydrogen-bond donors (Lipinski definition) is 0. The first-order valence-electron chi connectivity index (χ1n) is 6.81. The van der Waals surface area contributed by atoms with E-state index in [9.17, 15) is 4.39 Å². The number of rotatable bonds is 2. The topological polar surface area (TPSA) is 9.23 Å². The average molecular weight is 291 g/mol. The van der Waals surface area contributed by atoms with Crippen molar-refractivity contribution in [3.63, 3.8) is 0 Å². The Hall–Kier alpha value is -1.54. The number of alkyl halides is 1. The van der Waals surface area contributed by atoms with Gasteiger partial charge in [-0.1, -0.05) is 24.3 Å². The molecule has 0 bridgehead atoms. The minimum absolute atomic E-state index is 0.198. The monoisotopic (exact) mass is 290 g/mol. The van der Waals surface area contributed by atoms with Crippen LogP contribution in [0.1, 0.15) is 34.1 Å². The quantitative estimate of drug-likeness (QED) is 0.723. The van der Waals surface area contributed by atoms with Crippen molar-refractivity contribution in [2.24, 2.45) is 0 Å². The Morgan fingerprint density at radius 2 is 1.90 bits per heavy atom. The molecule has 0 fully saturated rings. The smallest absolute Gasteiger partial charge is 0.126 e. The number of ether oxygens (including phenoxy) is 1. The molecular weight excluding hydrogens is 275 g/mol. The molecule has 1 nitrogen and oxygen atoms in total. The molecule has 0 radical (unpaired) electrons. The highest BCUT2D eigenvalue weighted by Gasteiger charge is 2.16. The largest absolute Gasteiger partial charge is 0.493 e. The fraction of sp³-hybridized carbons (Fsp3) is 0.294. The predicted octanol–water partition coefficient (Wildman–Crippen LogP) is 4.79. The van der Waals surface area contributed by atoms with Gasteiger partial charge < -0.3 is 4.74 Å². The lowest BCUT2D eigenvalue weighted by atomic mass is 9.98. The van der Waals surface area contributed by atoms with Gasteiger partial charge in [0, 0.05) is 0 Å². The van der Waals surface area contributed by atoms with Crippen molar-refractivity contribution in [2.45, 2.75) is 25.1 Å². The standard InChI is InChI=1S/C17H16ClFO/c1-11-9-13(4-6-15(11)19)17(18)14-5-7-16-12(10-14)3-2-8-20-16/h4-7,9-10,17H,2-3,8H2,1H3. The van der Waals surface area contributed by atoms with E-state index in [0.29, 0.717) is 5.56 Å². The third kappa shape index (κ3) is 2.53. The molecule has 3 rings (SSSR count). The van der Waals surface area contributed by atoms with Gasteiger partial charge in [0.2, 0.25) is 0 Å². The molecule has 20 heavy (non-hydrogen) atoms. The van der Waals surface area contributed by atoms with E-state index in [2.05, 4.69) is 6.07 Å². The van der Waals surface area contributed by atoms with E-state index >= 15 is 0 Å². The second kappa shape index (κ2) is 5.45. The van der Waals surface area contributed by atoms with E-state index in [4.69, 9.17) is 16.3 Å². The van der Waals surface area contributed by atoms with Gasteiger partial charge in [-0.05, 0) is 54.2 Å². The normalized spacial score (nSPS) is 15.3.